The molecule has 0 saturated carbocycles. The highest BCUT2D eigenvalue weighted by Gasteiger charge is 2.26. The van der Waals surface area contributed by atoms with Crippen LogP contribution in [0, 0.1) is 0 Å². The molecule has 0 aliphatic rings. The summed E-state index contributed by atoms with van der Waals surface area (Å²) < 4.78 is 32.8. The van der Waals surface area contributed by atoms with Crippen LogP contribution in [0.25, 0.3) is 0 Å². The van der Waals surface area contributed by atoms with Crippen LogP contribution in [0.2, 0.25) is 0 Å². The van der Waals surface area contributed by atoms with Gasteiger partial charge in [-0.25, -0.2) is 4.57 Å². The second kappa shape index (κ2) is 49.9. The van der Waals surface area contributed by atoms with Crippen molar-refractivity contribution in [1.82, 2.24) is 0 Å². The minimum atomic E-state index is -4.38. The molecule has 0 aliphatic heterocycles. The molecule has 0 aromatic carbocycles. The lowest BCUT2D eigenvalue weighted by Gasteiger charge is -2.19. The number of carbonyl (C=O) groups excluding carboxylic acids is 2. The molecule has 0 aromatic heterocycles. The second-order valence-corrected chi connectivity index (χ2v) is 18.5. The van der Waals surface area contributed by atoms with Gasteiger partial charge in [0.05, 0.1) is 13.2 Å². The van der Waals surface area contributed by atoms with Gasteiger partial charge >= 0.3 is 19.8 Å². The first-order valence-electron chi connectivity index (χ1n) is 25.9. The highest BCUT2D eigenvalue weighted by Crippen LogP contribution is 2.43. The van der Waals surface area contributed by atoms with Crippen molar-refractivity contribution in [2.75, 3.05) is 26.4 Å². The maximum atomic E-state index is 12.6. The summed E-state index contributed by atoms with van der Waals surface area (Å²) in [5.41, 5.74) is 5.36. The fourth-order valence-electron chi connectivity index (χ4n) is 7.05. The summed E-state index contributed by atoms with van der Waals surface area (Å²) in [6, 6.07) is 0. The average Bonchev–Trinajstić information content (AvgIpc) is 3.28. The van der Waals surface area contributed by atoms with Crippen molar-refractivity contribution < 1.29 is 37.6 Å². The van der Waals surface area contributed by atoms with Crippen molar-refractivity contribution in [1.29, 1.82) is 0 Å². The Bertz CT molecular complexity index is 1280. The number of rotatable bonds is 48. The quantitative estimate of drug-likeness (QED) is 0.0265. The van der Waals surface area contributed by atoms with Gasteiger partial charge in [0.25, 0.3) is 0 Å². The first-order valence-corrected chi connectivity index (χ1v) is 27.4. The Balaban J connectivity index is 3.89. The third kappa shape index (κ3) is 48.9. The zero-order chi connectivity index (χ0) is 46.7. The molecule has 0 bridgehead atoms. The van der Waals surface area contributed by atoms with Crippen LogP contribution < -0.4 is 5.73 Å². The first-order chi connectivity index (χ1) is 31.3. The fourth-order valence-corrected chi connectivity index (χ4v) is 7.82. The van der Waals surface area contributed by atoms with Gasteiger partial charge in [0, 0.05) is 19.4 Å². The molecular weight excluding hydrogens is 822 g/mol. The van der Waals surface area contributed by atoms with Crippen LogP contribution in [-0.4, -0.2) is 49.3 Å². The van der Waals surface area contributed by atoms with Crippen molar-refractivity contribution in [3.63, 3.8) is 0 Å². The number of nitrogens with two attached hydrogens (primary N) is 1. The largest absolute Gasteiger partial charge is 0.472 e. The number of phosphoric acid groups is 1. The van der Waals surface area contributed by atoms with Gasteiger partial charge in [-0.05, 0) is 64.2 Å². The molecule has 0 aliphatic carbocycles. The van der Waals surface area contributed by atoms with Gasteiger partial charge < -0.3 is 20.1 Å². The normalized spacial score (nSPS) is 13.8. The summed E-state index contributed by atoms with van der Waals surface area (Å²) in [7, 11) is -4.38. The molecule has 2 unspecified atom stereocenters. The zero-order valence-electron chi connectivity index (χ0n) is 41.0. The predicted molar refractivity (Wildman–Crippen MR) is 270 cm³/mol. The van der Waals surface area contributed by atoms with E-state index in [9.17, 15) is 19.0 Å². The fraction of sp³-hybridized carbons (Fsp3) is 0.741. The Morgan fingerprint density at radius 3 is 1.28 bits per heavy atom. The van der Waals surface area contributed by atoms with Gasteiger partial charge in [-0.3, -0.25) is 18.6 Å². The third-order valence-electron chi connectivity index (χ3n) is 10.9. The van der Waals surface area contributed by atoms with Crippen LogP contribution in [0.15, 0.2) is 72.9 Å². The Labute approximate surface area is 392 Å². The van der Waals surface area contributed by atoms with Crippen LogP contribution >= 0.6 is 7.82 Å². The molecule has 9 nitrogen and oxygen atoms in total. The van der Waals surface area contributed by atoms with Crippen molar-refractivity contribution in [3.8, 4) is 0 Å². The van der Waals surface area contributed by atoms with E-state index in [0.29, 0.717) is 6.42 Å². The Morgan fingerprint density at radius 1 is 0.484 bits per heavy atom. The third-order valence-corrected chi connectivity index (χ3v) is 11.8. The number of phosphoric ester groups is 1. The lowest BCUT2D eigenvalue weighted by molar-refractivity contribution is -0.161. The summed E-state index contributed by atoms with van der Waals surface area (Å²) in [6.07, 6.45) is 62.5. The number of unbranched alkanes of at least 4 members (excludes halogenated alkanes) is 23. The van der Waals surface area contributed by atoms with Gasteiger partial charge in [0.1, 0.15) is 6.61 Å². The minimum Gasteiger partial charge on any atom is -0.462 e. The molecule has 0 amide bonds. The van der Waals surface area contributed by atoms with E-state index >= 15 is 0 Å². The molecule has 0 heterocycles. The molecular formula is C54H96NO8P. The van der Waals surface area contributed by atoms with Gasteiger partial charge in [-0.15, -0.1) is 0 Å². The van der Waals surface area contributed by atoms with Crippen LogP contribution in [0.1, 0.15) is 226 Å². The lowest BCUT2D eigenvalue weighted by Crippen LogP contribution is -2.29. The molecule has 0 aromatic rings. The molecule has 0 radical (unpaired) electrons. The number of esters is 2. The zero-order valence-corrected chi connectivity index (χ0v) is 41.9. The van der Waals surface area contributed by atoms with E-state index in [-0.39, 0.29) is 38.6 Å². The highest BCUT2D eigenvalue weighted by molar-refractivity contribution is 7.47. The number of hydrogen-bond acceptors (Lipinski definition) is 8. The molecule has 0 rings (SSSR count). The number of hydrogen-bond donors (Lipinski definition) is 2. The van der Waals surface area contributed by atoms with Crippen molar-refractivity contribution in [2.45, 2.75) is 232 Å². The molecule has 0 spiro atoms. The van der Waals surface area contributed by atoms with E-state index < -0.39 is 26.5 Å². The van der Waals surface area contributed by atoms with Gasteiger partial charge in [-0.1, -0.05) is 222 Å². The van der Waals surface area contributed by atoms with E-state index in [1.54, 1.807) is 0 Å². The average molecular weight is 918 g/mol. The topological polar surface area (TPSA) is 134 Å². The number of carbonyl (C=O) groups is 2. The van der Waals surface area contributed by atoms with Crippen molar-refractivity contribution >= 4 is 19.8 Å². The summed E-state index contributed by atoms with van der Waals surface area (Å²) in [5, 5.41) is 0. The maximum absolute atomic E-state index is 12.6. The standard InChI is InChI=1S/C54H96NO8P/c1-3-5-7-9-11-13-15-16-17-18-19-20-21-22-23-24-25-26-27-28-29-30-31-32-33-34-35-36-37-39-41-43-45-47-54(57)63-52(51-62-64(58,59)61-49-48-55)50-60-53(56)46-44-42-40-38-14-12-10-8-6-4-2/h5,7,11,13,16-17,19-20,22-23,25-26,52H,3-4,6,8-10,12,14-15,18,21,24,27-51,55H2,1-2H3,(H,58,59)/b7-5-,13-11-,17-16-,20-19-,23-22-,26-25-. The molecule has 370 valence electrons. The smallest absolute Gasteiger partial charge is 0.462 e. The number of ether oxygens (including phenoxy) is 2. The molecule has 2 atom stereocenters. The van der Waals surface area contributed by atoms with Crippen molar-refractivity contribution in [2.24, 2.45) is 5.73 Å². The van der Waals surface area contributed by atoms with Gasteiger partial charge in [0.15, 0.2) is 6.10 Å². The first kappa shape index (κ1) is 61.5. The Kier molecular flexibility index (Phi) is 47.9. The Hall–Kier alpha value is -2.55. The molecule has 3 N–H and O–H groups in total. The molecule has 0 saturated heterocycles. The number of allylic oxidation sites excluding steroid dienone is 12. The minimum absolute atomic E-state index is 0.0526. The van der Waals surface area contributed by atoms with E-state index in [1.807, 2.05) is 0 Å². The van der Waals surface area contributed by atoms with Gasteiger partial charge in [-0.2, -0.15) is 0 Å². The van der Waals surface area contributed by atoms with Crippen LogP contribution in [0.3, 0.4) is 0 Å². The van der Waals surface area contributed by atoms with Crippen LogP contribution in [0.5, 0.6) is 0 Å². The van der Waals surface area contributed by atoms with Crippen molar-refractivity contribution in [3.05, 3.63) is 72.9 Å². The second-order valence-electron chi connectivity index (χ2n) is 17.0. The summed E-state index contributed by atoms with van der Waals surface area (Å²) in [4.78, 5) is 34.9. The maximum Gasteiger partial charge on any atom is 0.472 e. The molecule has 64 heavy (non-hydrogen) atoms. The summed E-state index contributed by atoms with van der Waals surface area (Å²) >= 11 is 0. The summed E-state index contributed by atoms with van der Waals surface area (Å²) in [5.74, 6) is -0.828. The lowest BCUT2D eigenvalue weighted by atomic mass is 10.0. The monoisotopic (exact) mass is 918 g/mol. The van der Waals surface area contributed by atoms with Gasteiger partial charge in [0.2, 0.25) is 0 Å². The van der Waals surface area contributed by atoms with E-state index in [2.05, 4.69) is 86.8 Å². The summed E-state index contributed by atoms with van der Waals surface area (Å²) in [6.45, 7) is 3.61. The predicted octanol–water partition coefficient (Wildman–Crippen LogP) is 15.8. The SMILES string of the molecule is CC/C=C\C/C=C\C/C=C\C/C=C\C/C=C\C/C=C\CCCCCCCCCCCCCCCCC(=O)OC(COC(=O)CCCCCCCCCCCC)COP(=O)(O)OCCN. The van der Waals surface area contributed by atoms with E-state index in [0.717, 1.165) is 77.0 Å². The van der Waals surface area contributed by atoms with Crippen LogP contribution in [0.4, 0.5) is 0 Å². The molecule has 10 heteroatoms. The highest BCUT2D eigenvalue weighted by atomic mass is 31.2. The molecule has 0 fully saturated rings. The Morgan fingerprint density at radius 2 is 0.859 bits per heavy atom. The van der Waals surface area contributed by atoms with Crippen LogP contribution in [-0.2, 0) is 32.7 Å². The van der Waals surface area contributed by atoms with E-state index in [4.69, 9.17) is 24.3 Å². The van der Waals surface area contributed by atoms with E-state index in [1.165, 1.54) is 116 Å².